The molecule has 178 valence electrons. The largest absolute Gasteiger partial charge is 0.497 e. The minimum Gasteiger partial charge on any atom is -0.497 e. The number of nitriles is 1. The molecule has 0 spiro atoms. The number of rotatable bonds is 7. The summed E-state index contributed by atoms with van der Waals surface area (Å²) in [6.07, 6.45) is 1.64. The van der Waals surface area contributed by atoms with Gasteiger partial charge in [-0.25, -0.2) is 14.4 Å². The number of urea groups is 1. The first-order valence-electron chi connectivity index (χ1n) is 10.3. The molecule has 2 heterocycles. The van der Waals surface area contributed by atoms with E-state index in [2.05, 4.69) is 11.4 Å². The van der Waals surface area contributed by atoms with Crippen molar-refractivity contribution in [2.24, 2.45) is 0 Å². The molecule has 3 rings (SSSR count). The average molecular weight is 461 g/mol. The van der Waals surface area contributed by atoms with Gasteiger partial charge in [-0.15, -0.1) is 0 Å². The highest BCUT2D eigenvalue weighted by atomic mass is 16.5. The van der Waals surface area contributed by atoms with Gasteiger partial charge < -0.3 is 30.1 Å². The number of carboxylic acids is 2. The molecule has 0 unspecified atom stereocenters. The summed E-state index contributed by atoms with van der Waals surface area (Å²) in [5.41, 5.74) is 0.821. The fraction of sp³-hybridized carbons (Fsp3) is 0.476. The molecule has 2 saturated heterocycles. The highest BCUT2D eigenvalue weighted by molar-refractivity contribution is 6.27. The summed E-state index contributed by atoms with van der Waals surface area (Å²) in [4.78, 5) is 48.1. The first kappa shape index (κ1) is 25.4. The molecule has 3 N–H and O–H groups in total. The van der Waals surface area contributed by atoms with Gasteiger partial charge in [-0.05, 0) is 25.0 Å². The van der Waals surface area contributed by atoms with Gasteiger partial charge in [-0.2, -0.15) is 5.26 Å². The molecule has 2 aliphatic heterocycles. The molecule has 12 nitrogen and oxygen atoms in total. The molecular weight excluding hydrogens is 434 g/mol. The van der Waals surface area contributed by atoms with Crippen LogP contribution in [0, 0.1) is 11.3 Å². The Morgan fingerprint density at radius 2 is 1.94 bits per heavy atom. The molecule has 1 atom stereocenters. The lowest BCUT2D eigenvalue weighted by atomic mass is 10.2. The van der Waals surface area contributed by atoms with Crippen molar-refractivity contribution in [3.05, 3.63) is 24.3 Å². The quantitative estimate of drug-likeness (QED) is 0.380. The number of methoxy groups -OCH3 is 1. The van der Waals surface area contributed by atoms with Crippen LogP contribution in [-0.2, 0) is 14.4 Å². The monoisotopic (exact) mass is 461 g/mol. The van der Waals surface area contributed by atoms with Gasteiger partial charge in [0.05, 0.1) is 19.7 Å². The SMILES string of the molecule is COc1cccc(N2CCN(CCNCC(=O)N3CCC[C@@H]3C#N)C2=O)c1.O=C(O)C(=O)O. The number of amides is 3. The Bertz CT molecular complexity index is 905. The second kappa shape index (κ2) is 12.3. The zero-order valence-electron chi connectivity index (χ0n) is 18.3. The second-order valence-electron chi connectivity index (χ2n) is 7.28. The Kier molecular flexibility index (Phi) is 9.44. The van der Waals surface area contributed by atoms with Crippen molar-refractivity contribution in [3.63, 3.8) is 0 Å². The number of hydrogen-bond acceptors (Lipinski definition) is 7. The predicted octanol–water partition coefficient (Wildman–Crippen LogP) is 0.197. The maximum atomic E-state index is 12.6. The van der Waals surface area contributed by atoms with Crippen molar-refractivity contribution < 1.29 is 34.1 Å². The molecule has 3 amide bonds. The molecule has 0 aromatic heterocycles. The van der Waals surface area contributed by atoms with Gasteiger partial charge in [0.2, 0.25) is 5.91 Å². The molecule has 12 heteroatoms. The lowest BCUT2D eigenvalue weighted by molar-refractivity contribution is -0.159. The maximum absolute atomic E-state index is 12.6. The number of carbonyl (C=O) groups is 4. The number of aliphatic carboxylic acids is 2. The minimum atomic E-state index is -1.82. The van der Waals surface area contributed by atoms with Crippen LogP contribution in [0.25, 0.3) is 0 Å². The molecule has 1 aromatic carbocycles. The van der Waals surface area contributed by atoms with Crippen LogP contribution in [-0.4, -0.2) is 96.3 Å². The lowest BCUT2D eigenvalue weighted by Crippen LogP contribution is -2.43. The van der Waals surface area contributed by atoms with Crippen LogP contribution in [0.2, 0.25) is 0 Å². The zero-order chi connectivity index (χ0) is 24.4. The fourth-order valence-electron chi connectivity index (χ4n) is 3.52. The van der Waals surface area contributed by atoms with Gasteiger partial charge in [0.1, 0.15) is 11.8 Å². The van der Waals surface area contributed by atoms with Crippen LogP contribution < -0.4 is 15.0 Å². The Balaban J connectivity index is 0.000000569. The summed E-state index contributed by atoms with van der Waals surface area (Å²) < 4.78 is 5.22. The average Bonchev–Trinajstić information content (AvgIpc) is 3.43. The molecular formula is C21H27N5O7. The van der Waals surface area contributed by atoms with Crippen molar-refractivity contribution in [1.82, 2.24) is 15.1 Å². The van der Waals surface area contributed by atoms with E-state index in [0.717, 1.165) is 24.3 Å². The first-order valence-corrected chi connectivity index (χ1v) is 10.3. The van der Waals surface area contributed by atoms with Crippen LogP contribution >= 0.6 is 0 Å². The number of ether oxygens (including phenoxy) is 1. The highest BCUT2D eigenvalue weighted by Gasteiger charge is 2.30. The Morgan fingerprint density at radius 1 is 1.21 bits per heavy atom. The van der Waals surface area contributed by atoms with Crippen molar-refractivity contribution in [3.8, 4) is 11.8 Å². The summed E-state index contributed by atoms with van der Waals surface area (Å²) >= 11 is 0. The molecule has 0 aliphatic carbocycles. The van der Waals surface area contributed by atoms with Gasteiger partial charge in [0.25, 0.3) is 0 Å². The number of nitrogens with zero attached hydrogens (tertiary/aromatic N) is 4. The van der Waals surface area contributed by atoms with E-state index in [1.807, 2.05) is 24.3 Å². The van der Waals surface area contributed by atoms with E-state index in [4.69, 9.17) is 29.8 Å². The van der Waals surface area contributed by atoms with Gasteiger partial charge in [0, 0.05) is 44.5 Å². The normalized spacial score (nSPS) is 17.3. The molecule has 2 aliphatic rings. The summed E-state index contributed by atoms with van der Waals surface area (Å²) in [7, 11) is 1.60. The van der Waals surface area contributed by atoms with E-state index in [9.17, 15) is 9.59 Å². The third kappa shape index (κ3) is 7.08. The topological polar surface area (TPSA) is 164 Å². The first-order chi connectivity index (χ1) is 15.8. The van der Waals surface area contributed by atoms with Crippen LogP contribution in [0.1, 0.15) is 12.8 Å². The highest BCUT2D eigenvalue weighted by Crippen LogP contribution is 2.24. The summed E-state index contributed by atoms with van der Waals surface area (Å²) in [5, 5.41) is 26.9. The summed E-state index contributed by atoms with van der Waals surface area (Å²) in [5.74, 6) is -2.98. The van der Waals surface area contributed by atoms with Gasteiger partial charge >= 0.3 is 18.0 Å². The zero-order valence-corrected chi connectivity index (χ0v) is 18.3. The van der Waals surface area contributed by atoms with Crippen molar-refractivity contribution >= 4 is 29.6 Å². The van der Waals surface area contributed by atoms with Crippen LogP contribution in [0.5, 0.6) is 5.75 Å². The Hall–Kier alpha value is -3.85. The van der Waals surface area contributed by atoms with E-state index in [-0.39, 0.29) is 24.5 Å². The number of carbonyl (C=O) groups excluding carboxylic acids is 2. The molecule has 0 bridgehead atoms. The van der Waals surface area contributed by atoms with Crippen LogP contribution in [0.3, 0.4) is 0 Å². The molecule has 2 fully saturated rings. The van der Waals surface area contributed by atoms with Gasteiger partial charge in [-0.1, -0.05) is 6.07 Å². The van der Waals surface area contributed by atoms with Crippen molar-refractivity contribution in [2.45, 2.75) is 18.9 Å². The third-order valence-corrected chi connectivity index (χ3v) is 5.20. The Labute approximate surface area is 190 Å². The van der Waals surface area contributed by atoms with E-state index in [1.54, 1.807) is 21.8 Å². The molecule has 0 radical (unpaired) electrons. The number of nitrogens with one attached hydrogen (secondary N) is 1. The number of carboxylic acid groups (broad SMARTS) is 2. The van der Waals surface area contributed by atoms with E-state index in [1.165, 1.54) is 0 Å². The minimum absolute atomic E-state index is 0.0412. The molecule has 0 saturated carbocycles. The number of benzene rings is 1. The van der Waals surface area contributed by atoms with Crippen LogP contribution in [0.15, 0.2) is 24.3 Å². The molecule has 33 heavy (non-hydrogen) atoms. The lowest BCUT2D eigenvalue weighted by Gasteiger charge is -2.21. The van der Waals surface area contributed by atoms with E-state index >= 15 is 0 Å². The predicted molar refractivity (Wildman–Crippen MR) is 116 cm³/mol. The van der Waals surface area contributed by atoms with E-state index in [0.29, 0.717) is 32.7 Å². The van der Waals surface area contributed by atoms with Crippen LogP contribution in [0.4, 0.5) is 10.5 Å². The second-order valence-corrected chi connectivity index (χ2v) is 7.28. The number of hydrogen-bond donors (Lipinski definition) is 3. The third-order valence-electron chi connectivity index (χ3n) is 5.20. The van der Waals surface area contributed by atoms with Crippen molar-refractivity contribution in [1.29, 1.82) is 5.26 Å². The summed E-state index contributed by atoms with van der Waals surface area (Å²) in [6.45, 7) is 3.19. The standard InChI is InChI=1S/C19H25N5O3.C2H2O4/c1-27-17-6-2-4-15(12-17)24-11-10-22(19(24)26)9-7-21-14-18(25)23-8-3-5-16(23)13-20;3-1(4)2(5)6/h2,4,6,12,16,21H,3,5,7-11,14H2,1H3;(H,3,4)(H,5,6)/t16-;/m1./s1. The maximum Gasteiger partial charge on any atom is 0.414 e. The number of anilines is 1. The smallest absolute Gasteiger partial charge is 0.414 e. The fourth-order valence-corrected chi connectivity index (χ4v) is 3.52. The summed E-state index contributed by atoms with van der Waals surface area (Å²) in [6, 6.07) is 9.29. The van der Waals surface area contributed by atoms with Gasteiger partial charge in [-0.3, -0.25) is 9.69 Å². The van der Waals surface area contributed by atoms with Crippen molar-refractivity contribution in [2.75, 3.05) is 51.3 Å². The van der Waals surface area contributed by atoms with Gasteiger partial charge in [0.15, 0.2) is 0 Å². The van der Waals surface area contributed by atoms with E-state index < -0.39 is 11.9 Å². The Morgan fingerprint density at radius 3 is 2.58 bits per heavy atom. The molecule has 1 aromatic rings. The number of likely N-dealkylation sites (tertiary alicyclic amines) is 1.